The zero-order chi connectivity index (χ0) is 13.8. The van der Waals surface area contributed by atoms with Crippen molar-refractivity contribution in [1.29, 1.82) is 0 Å². The van der Waals surface area contributed by atoms with E-state index < -0.39 is 4.92 Å². The lowest BCUT2D eigenvalue weighted by atomic mass is 10.3. The number of pyridine rings is 1. The molecule has 0 aromatic carbocycles. The van der Waals surface area contributed by atoms with E-state index in [1.165, 1.54) is 18.2 Å². The summed E-state index contributed by atoms with van der Waals surface area (Å²) in [5.41, 5.74) is 0.419. The zero-order valence-corrected chi connectivity index (χ0v) is 10.2. The van der Waals surface area contributed by atoms with E-state index in [4.69, 9.17) is 11.6 Å². The van der Waals surface area contributed by atoms with Gasteiger partial charge in [0, 0.05) is 11.8 Å². The van der Waals surface area contributed by atoms with Gasteiger partial charge in [0.2, 0.25) is 5.91 Å². The molecule has 0 aliphatic carbocycles. The Bertz CT molecular complexity index is 610. The van der Waals surface area contributed by atoms with Gasteiger partial charge in [-0.1, -0.05) is 11.6 Å². The standard InChI is InChI=1S/C10H8ClN5O3/c11-8-3-6(14-15-8)4-10(17)13-9-2-1-7(5-12-9)16(18)19/h1-3,5H,4H2,(H,14,15)(H,12,13,17). The summed E-state index contributed by atoms with van der Waals surface area (Å²) in [6, 6.07) is 4.15. The van der Waals surface area contributed by atoms with Gasteiger partial charge in [-0.3, -0.25) is 20.0 Å². The van der Waals surface area contributed by atoms with E-state index in [0.29, 0.717) is 5.69 Å². The van der Waals surface area contributed by atoms with E-state index in [9.17, 15) is 14.9 Å². The number of nitrogens with one attached hydrogen (secondary N) is 2. The maximum absolute atomic E-state index is 11.6. The molecule has 2 N–H and O–H groups in total. The third-order valence-electron chi connectivity index (χ3n) is 2.18. The molecule has 0 atom stereocenters. The monoisotopic (exact) mass is 281 g/mol. The highest BCUT2D eigenvalue weighted by atomic mass is 35.5. The van der Waals surface area contributed by atoms with Crippen molar-refractivity contribution in [2.45, 2.75) is 6.42 Å². The summed E-state index contributed by atoms with van der Waals surface area (Å²) in [4.78, 5) is 25.3. The minimum absolute atomic E-state index is 0.0540. The van der Waals surface area contributed by atoms with Crippen molar-refractivity contribution in [3.63, 3.8) is 0 Å². The van der Waals surface area contributed by atoms with Gasteiger partial charge in [0.15, 0.2) is 5.15 Å². The van der Waals surface area contributed by atoms with Gasteiger partial charge in [-0.2, -0.15) is 5.10 Å². The van der Waals surface area contributed by atoms with Crippen LogP contribution in [0.15, 0.2) is 24.4 Å². The first-order valence-electron chi connectivity index (χ1n) is 5.14. The molecule has 0 unspecified atom stereocenters. The molecule has 19 heavy (non-hydrogen) atoms. The van der Waals surface area contributed by atoms with Crippen molar-refractivity contribution in [2.75, 3.05) is 5.32 Å². The summed E-state index contributed by atoms with van der Waals surface area (Å²) in [5.74, 6) is -0.0946. The number of aromatic nitrogens is 3. The Labute approximate surface area is 112 Å². The fraction of sp³-hybridized carbons (Fsp3) is 0.100. The number of rotatable bonds is 4. The lowest BCUT2D eigenvalue weighted by Crippen LogP contribution is -2.15. The smallest absolute Gasteiger partial charge is 0.287 e. The number of aromatic amines is 1. The number of hydrogen-bond acceptors (Lipinski definition) is 5. The first-order chi connectivity index (χ1) is 9.04. The van der Waals surface area contributed by atoms with Gasteiger partial charge in [-0.25, -0.2) is 4.98 Å². The quantitative estimate of drug-likeness (QED) is 0.652. The molecule has 2 rings (SSSR count). The molecule has 2 aromatic heterocycles. The Hall–Kier alpha value is -2.48. The van der Waals surface area contributed by atoms with Crippen LogP contribution in [0.2, 0.25) is 5.15 Å². The molecule has 0 radical (unpaired) electrons. The predicted molar refractivity (Wildman–Crippen MR) is 66.8 cm³/mol. The molecule has 98 valence electrons. The molecule has 2 heterocycles. The molecule has 0 saturated heterocycles. The molecule has 0 spiro atoms. The Balaban J connectivity index is 1.97. The van der Waals surface area contributed by atoms with Gasteiger partial charge in [0.05, 0.1) is 11.3 Å². The number of carbonyl (C=O) groups is 1. The highest BCUT2D eigenvalue weighted by molar-refractivity contribution is 6.29. The third kappa shape index (κ3) is 3.49. The molecule has 0 aliphatic heterocycles. The summed E-state index contributed by atoms with van der Waals surface area (Å²) in [6.45, 7) is 0. The van der Waals surface area contributed by atoms with E-state index in [1.54, 1.807) is 0 Å². The fourth-order valence-electron chi connectivity index (χ4n) is 1.35. The minimum Gasteiger partial charge on any atom is -0.310 e. The molecule has 0 saturated carbocycles. The lowest BCUT2D eigenvalue weighted by Gasteiger charge is -2.02. The molecular formula is C10H8ClN5O3. The van der Waals surface area contributed by atoms with Gasteiger partial charge in [0.1, 0.15) is 12.0 Å². The third-order valence-corrected chi connectivity index (χ3v) is 2.37. The van der Waals surface area contributed by atoms with Crippen molar-refractivity contribution >= 4 is 29.0 Å². The second-order valence-corrected chi connectivity index (χ2v) is 3.99. The summed E-state index contributed by atoms with van der Waals surface area (Å²) in [7, 11) is 0. The van der Waals surface area contributed by atoms with Gasteiger partial charge in [0.25, 0.3) is 5.69 Å². The predicted octanol–water partition coefficient (Wildman–Crippen LogP) is 1.55. The number of amides is 1. The number of anilines is 1. The Morgan fingerprint density at radius 1 is 1.53 bits per heavy atom. The number of H-pyrrole nitrogens is 1. The molecular weight excluding hydrogens is 274 g/mol. The van der Waals surface area contributed by atoms with Crippen molar-refractivity contribution in [2.24, 2.45) is 0 Å². The van der Waals surface area contributed by atoms with E-state index in [-0.39, 0.29) is 29.0 Å². The fourth-order valence-corrected chi connectivity index (χ4v) is 1.53. The van der Waals surface area contributed by atoms with E-state index in [0.717, 1.165) is 6.20 Å². The summed E-state index contributed by atoms with van der Waals surface area (Å²) >= 11 is 5.60. The largest absolute Gasteiger partial charge is 0.310 e. The molecule has 0 aliphatic rings. The van der Waals surface area contributed by atoms with Crippen LogP contribution in [0.5, 0.6) is 0 Å². The zero-order valence-electron chi connectivity index (χ0n) is 9.46. The van der Waals surface area contributed by atoms with Crippen LogP contribution in [0.4, 0.5) is 11.5 Å². The first-order valence-corrected chi connectivity index (χ1v) is 5.52. The second-order valence-electron chi connectivity index (χ2n) is 3.60. The van der Waals surface area contributed by atoms with Crippen LogP contribution < -0.4 is 5.32 Å². The topological polar surface area (TPSA) is 114 Å². The number of carbonyl (C=O) groups excluding carboxylic acids is 1. The summed E-state index contributed by atoms with van der Waals surface area (Å²) in [6.07, 6.45) is 1.13. The van der Waals surface area contributed by atoms with Crippen molar-refractivity contribution in [3.8, 4) is 0 Å². The van der Waals surface area contributed by atoms with Gasteiger partial charge >= 0.3 is 0 Å². The number of nitro groups is 1. The molecule has 8 nitrogen and oxygen atoms in total. The van der Waals surface area contributed by atoms with Crippen LogP contribution >= 0.6 is 11.6 Å². The van der Waals surface area contributed by atoms with Crippen LogP contribution in [0.1, 0.15) is 5.69 Å². The summed E-state index contributed by atoms with van der Waals surface area (Å²) in [5, 5.41) is 19.5. The molecule has 0 bridgehead atoms. The maximum Gasteiger partial charge on any atom is 0.287 e. The normalized spacial score (nSPS) is 10.2. The highest BCUT2D eigenvalue weighted by Gasteiger charge is 2.09. The molecule has 9 heteroatoms. The molecule has 0 fully saturated rings. The lowest BCUT2D eigenvalue weighted by molar-refractivity contribution is -0.385. The van der Waals surface area contributed by atoms with Gasteiger partial charge < -0.3 is 5.32 Å². The first kappa shape index (κ1) is 13.0. The number of nitrogens with zero attached hydrogens (tertiary/aromatic N) is 3. The average Bonchev–Trinajstić information content (AvgIpc) is 2.75. The van der Waals surface area contributed by atoms with Crippen molar-refractivity contribution < 1.29 is 9.72 Å². The van der Waals surface area contributed by atoms with Gasteiger partial charge in [-0.05, 0) is 12.1 Å². The van der Waals surface area contributed by atoms with E-state index in [2.05, 4.69) is 20.5 Å². The van der Waals surface area contributed by atoms with Crippen LogP contribution in [0.3, 0.4) is 0 Å². The number of hydrogen-bond donors (Lipinski definition) is 2. The average molecular weight is 282 g/mol. The second kappa shape index (κ2) is 5.44. The molecule has 2 aromatic rings. The van der Waals surface area contributed by atoms with Crippen molar-refractivity contribution in [3.05, 3.63) is 45.4 Å². The Morgan fingerprint density at radius 2 is 2.32 bits per heavy atom. The van der Waals surface area contributed by atoms with Crippen LogP contribution in [0.25, 0.3) is 0 Å². The Kier molecular flexibility index (Phi) is 3.71. The Morgan fingerprint density at radius 3 is 2.84 bits per heavy atom. The van der Waals surface area contributed by atoms with Crippen LogP contribution in [-0.4, -0.2) is 26.0 Å². The van der Waals surface area contributed by atoms with Crippen LogP contribution in [-0.2, 0) is 11.2 Å². The van der Waals surface area contributed by atoms with E-state index in [1.807, 2.05) is 0 Å². The SMILES string of the molecule is O=C(Cc1cc(Cl)n[nH]1)Nc1ccc([N+](=O)[O-])cn1. The van der Waals surface area contributed by atoms with Crippen molar-refractivity contribution in [1.82, 2.24) is 15.2 Å². The van der Waals surface area contributed by atoms with Crippen LogP contribution in [0, 0.1) is 10.1 Å². The van der Waals surface area contributed by atoms with E-state index >= 15 is 0 Å². The molecule has 1 amide bonds. The van der Waals surface area contributed by atoms with Gasteiger partial charge in [-0.15, -0.1) is 0 Å². The highest BCUT2D eigenvalue weighted by Crippen LogP contribution is 2.12. The minimum atomic E-state index is -0.564. The number of halogens is 1. The summed E-state index contributed by atoms with van der Waals surface area (Å²) < 4.78 is 0. The maximum atomic E-state index is 11.6.